The van der Waals surface area contributed by atoms with E-state index in [2.05, 4.69) is 9.98 Å². The molecule has 0 aliphatic carbocycles. The standard InChI is InChI=1S/C16H17F6N3O2/c1-4-25(5-2)13-24-14(15(17,18)19,16(20,21)22)23-12(27-13)10-8-6-7-9-11(10)26-3/h6-9H,4-5H2,1-3H3. The largest absolute Gasteiger partial charge is 0.496 e. The summed E-state index contributed by atoms with van der Waals surface area (Å²) in [7, 11) is 1.22. The van der Waals surface area contributed by atoms with Crippen molar-refractivity contribution in [2.45, 2.75) is 31.9 Å². The fraction of sp³-hybridized carbons (Fsp3) is 0.500. The molecule has 0 spiro atoms. The van der Waals surface area contributed by atoms with E-state index in [0.29, 0.717) is 0 Å². The molecule has 0 saturated heterocycles. The first kappa shape index (κ1) is 20.8. The van der Waals surface area contributed by atoms with E-state index in [9.17, 15) is 26.3 Å². The van der Waals surface area contributed by atoms with Crippen LogP contribution in [0.25, 0.3) is 0 Å². The molecule has 1 aromatic carbocycles. The number of rotatable bonds is 4. The molecule has 27 heavy (non-hydrogen) atoms. The van der Waals surface area contributed by atoms with Crippen LogP contribution >= 0.6 is 0 Å². The molecule has 5 nitrogen and oxygen atoms in total. The van der Waals surface area contributed by atoms with E-state index < -0.39 is 29.9 Å². The zero-order valence-electron chi connectivity index (χ0n) is 14.6. The summed E-state index contributed by atoms with van der Waals surface area (Å²) in [5.41, 5.74) is -4.83. The first-order valence-electron chi connectivity index (χ1n) is 7.90. The molecule has 0 amide bonds. The highest BCUT2D eigenvalue weighted by molar-refractivity contribution is 6.04. The van der Waals surface area contributed by atoms with Crippen molar-refractivity contribution in [3.63, 3.8) is 0 Å². The van der Waals surface area contributed by atoms with Crippen LogP contribution in [0.3, 0.4) is 0 Å². The monoisotopic (exact) mass is 397 g/mol. The van der Waals surface area contributed by atoms with Gasteiger partial charge in [-0.2, -0.15) is 31.3 Å². The smallest absolute Gasteiger partial charge is 0.443 e. The lowest BCUT2D eigenvalue weighted by molar-refractivity contribution is -0.293. The Morgan fingerprint density at radius 2 is 1.56 bits per heavy atom. The lowest BCUT2D eigenvalue weighted by Gasteiger charge is -2.36. The number of amidine groups is 1. The second kappa shape index (κ2) is 7.28. The van der Waals surface area contributed by atoms with E-state index in [1.54, 1.807) is 13.8 Å². The van der Waals surface area contributed by atoms with Crippen LogP contribution in [0.5, 0.6) is 5.75 Å². The lowest BCUT2D eigenvalue weighted by atomic mass is 10.1. The highest BCUT2D eigenvalue weighted by Crippen LogP contribution is 2.49. The first-order valence-corrected chi connectivity index (χ1v) is 7.90. The minimum Gasteiger partial charge on any atom is -0.496 e. The predicted octanol–water partition coefficient (Wildman–Crippen LogP) is 3.99. The average Bonchev–Trinajstić information content (AvgIpc) is 2.60. The van der Waals surface area contributed by atoms with Gasteiger partial charge in [0.1, 0.15) is 5.75 Å². The lowest BCUT2D eigenvalue weighted by Crippen LogP contribution is -2.58. The molecule has 0 atom stereocenters. The van der Waals surface area contributed by atoms with Crippen molar-refractivity contribution in [1.29, 1.82) is 0 Å². The number of hydrogen-bond donors (Lipinski definition) is 0. The normalized spacial score (nSPS) is 16.9. The fourth-order valence-corrected chi connectivity index (χ4v) is 2.42. The number of aliphatic imine (C=N–C) groups is 2. The van der Waals surface area contributed by atoms with E-state index >= 15 is 0 Å². The molecule has 150 valence electrons. The molecule has 0 N–H and O–H groups in total. The summed E-state index contributed by atoms with van der Waals surface area (Å²) in [6, 6.07) is 4.72. The Balaban J connectivity index is 2.77. The van der Waals surface area contributed by atoms with Crippen LogP contribution in [0.1, 0.15) is 19.4 Å². The Hall–Kier alpha value is -2.46. The van der Waals surface area contributed by atoms with Crippen LogP contribution in [-0.4, -0.2) is 55.0 Å². The van der Waals surface area contributed by atoms with Crippen molar-refractivity contribution in [1.82, 2.24) is 4.90 Å². The number of ether oxygens (including phenoxy) is 2. The first-order chi connectivity index (χ1) is 12.5. The van der Waals surface area contributed by atoms with Crippen molar-refractivity contribution in [3.05, 3.63) is 29.8 Å². The fourth-order valence-electron chi connectivity index (χ4n) is 2.42. The van der Waals surface area contributed by atoms with Crippen LogP contribution < -0.4 is 4.74 Å². The summed E-state index contributed by atoms with van der Waals surface area (Å²) in [4.78, 5) is 6.89. The number of methoxy groups -OCH3 is 1. The summed E-state index contributed by atoms with van der Waals surface area (Å²) in [5, 5.41) is 0. The highest BCUT2D eigenvalue weighted by atomic mass is 19.4. The van der Waals surface area contributed by atoms with Gasteiger partial charge in [0.15, 0.2) is 0 Å². The summed E-state index contributed by atoms with van der Waals surface area (Å²) in [6.07, 6.45) is -11.7. The van der Waals surface area contributed by atoms with Crippen LogP contribution in [0.4, 0.5) is 26.3 Å². The van der Waals surface area contributed by atoms with Crippen molar-refractivity contribution in [2.24, 2.45) is 9.98 Å². The number of para-hydroxylation sites is 1. The number of halogens is 6. The molecule has 1 heterocycles. The van der Waals surface area contributed by atoms with E-state index in [-0.39, 0.29) is 24.4 Å². The Bertz CT molecular complexity index is 724. The highest BCUT2D eigenvalue weighted by Gasteiger charge is 2.74. The van der Waals surface area contributed by atoms with Gasteiger partial charge in [-0.1, -0.05) is 12.1 Å². The molecule has 0 fully saturated rings. The molecule has 2 rings (SSSR count). The molecule has 0 unspecified atom stereocenters. The zero-order valence-corrected chi connectivity index (χ0v) is 14.6. The SMILES string of the molecule is CCN(CC)C1=NC(C(F)(F)F)(C(F)(F)F)N=C(c2ccccc2OC)O1. The number of benzene rings is 1. The van der Waals surface area contributed by atoms with Crippen LogP contribution in [0.2, 0.25) is 0 Å². The number of alkyl halides is 6. The molecular formula is C16H17F6N3O2. The average molecular weight is 397 g/mol. The predicted molar refractivity (Wildman–Crippen MR) is 85.8 cm³/mol. The maximum absolute atomic E-state index is 13.6. The summed E-state index contributed by atoms with van der Waals surface area (Å²) < 4.78 is 91.7. The third-order valence-electron chi connectivity index (χ3n) is 3.87. The zero-order chi connectivity index (χ0) is 20.5. The third-order valence-corrected chi connectivity index (χ3v) is 3.87. The maximum atomic E-state index is 13.6. The topological polar surface area (TPSA) is 46.4 Å². The van der Waals surface area contributed by atoms with Crippen LogP contribution in [0.15, 0.2) is 34.3 Å². The van der Waals surface area contributed by atoms with Gasteiger partial charge in [-0.05, 0) is 26.0 Å². The minimum atomic E-state index is -5.83. The number of nitrogens with zero attached hydrogens (tertiary/aromatic N) is 3. The van der Waals surface area contributed by atoms with Gasteiger partial charge in [0.25, 0.3) is 6.02 Å². The Kier molecular flexibility index (Phi) is 5.62. The third kappa shape index (κ3) is 3.67. The molecule has 0 radical (unpaired) electrons. The molecule has 0 aromatic heterocycles. The van der Waals surface area contributed by atoms with Crippen molar-refractivity contribution in [2.75, 3.05) is 20.2 Å². The summed E-state index contributed by atoms with van der Waals surface area (Å²) in [5.74, 6) is -0.866. The summed E-state index contributed by atoms with van der Waals surface area (Å²) in [6.45, 7) is 3.26. The van der Waals surface area contributed by atoms with E-state index in [1.165, 1.54) is 31.4 Å². The Labute approximate surface area is 151 Å². The molecule has 0 saturated carbocycles. The summed E-state index contributed by atoms with van der Waals surface area (Å²) >= 11 is 0. The van der Waals surface area contributed by atoms with E-state index in [4.69, 9.17) is 9.47 Å². The van der Waals surface area contributed by atoms with Gasteiger partial charge in [0.05, 0.1) is 12.7 Å². The molecule has 1 aromatic rings. The Morgan fingerprint density at radius 3 is 2.04 bits per heavy atom. The van der Waals surface area contributed by atoms with Gasteiger partial charge in [0.2, 0.25) is 5.90 Å². The Morgan fingerprint density at radius 1 is 1.00 bits per heavy atom. The number of hydrogen-bond acceptors (Lipinski definition) is 5. The van der Waals surface area contributed by atoms with Gasteiger partial charge in [0, 0.05) is 13.1 Å². The minimum absolute atomic E-state index is 0.00953. The molecule has 11 heteroatoms. The van der Waals surface area contributed by atoms with Gasteiger partial charge >= 0.3 is 18.0 Å². The van der Waals surface area contributed by atoms with Gasteiger partial charge in [-0.25, -0.2) is 4.99 Å². The molecule has 1 aliphatic rings. The van der Waals surface area contributed by atoms with Crippen LogP contribution in [0, 0.1) is 0 Å². The second-order valence-corrected chi connectivity index (χ2v) is 5.45. The van der Waals surface area contributed by atoms with Gasteiger partial charge in [-0.15, -0.1) is 0 Å². The quantitative estimate of drug-likeness (QED) is 0.722. The molecule has 0 bridgehead atoms. The van der Waals surface area contributed by atoms with Crippen molar-refractivity contribution >= 4 is 11.9 Å². The van der Waals surface area contributed by atoms with Crippen molar-refractivity contribution in [3.8, 4) is 5.75 Å². The van der Waals surface area contributed by atoms with Crippen molar-refractivity contribution < 1.29 is 35.8 Å². The van der Waals surface area contributed by atoms with E-state index in [0.717, 1.165) is 4.90 Å². The second-order valence-electron chi connectivity index (χ2n) is 5.45. The maximum Gasteiger partial charge on any atom is 0.443 e. The van der Waals surface area contributed by atoms with Crippen LogP contribution in [-0.2, 0) is 4.74 Å². The van der Waals surface area contributed by atoms with E-state index in [1.807, 2.05) is 0 Å². The molecule has 1 aliphatic heterocycles. The van der Waals surface area contributed by atoms with Gasteiger partial charge in [-0.3, -0.25) is 0 Å². The molecular weight excluding hydrogens is 380 g/mol. The van der Waals surface area contributed by atoms with Gasteiger partial charge < -0.3 is 14.4 Å².